The molecule has 0 unspecified atom stereocenters. The molecule has 3 rings (SSSR count). The summed E-state index contributed by atoms with van der Waals surface area (Å²) in [6.45, 7) is 1.51. The maximum absolute atomic E-state index is 13.5. The monoisotopic (exact) mass is 411 g/mol. The Balaban J connectivity index is 2.21. The van der Waals surface area contributed by atoms with Crippen LogP contribution >= 0.6 is 0 Å². The van der Waals surface area contributed by atoms with Gasteiger partial charge in [0.05, 0.1) is 11.3 Å². The molecule has 1 aliphatic carbocycles. The minimum Gasteiger partial charge on any atom is -0.422 e. The SMILES string of the molecule is CCCS(=O)(=O)O/N=C(\c1cc2c3c(ccc2oc1=O)C=C=C=C3)C(F)(F)F. The number of hydrogen-bond donors (Lipinski definition) is 0. The molecule has 0 spiro atoms. The third kappa shape index (κ3) is 3.94. The van der Waals surface area contributed by atoms with Gasteiger partial charge in [0, 0.05) is 10.9 Å². The van der Waals surface area contributed by atoms with Crippen LogP contribution in [0.2, 0.25) is 0 Å². The maximum Gasteiger partial charge on any atom is 0.437 e. The first-order chi connectivity index (χ1) is 13.1. The lowest BCUT2D eigenvalue weighted by molar-refractivity contribution is -0.0598. The Kier molecular flexibility index (Phi) is 5.04. The third-order valence-corrected chi connectivity index (χ3v) is 4.95. The minimum atomic E-state index is -5.16. The second-order valence-electron chi connectivity index (χ2n) is 5.78. The van der Waals surface area contributed by atoms with E-state index in [0.717, 1.165) is 6.07 Å². The summed E-state index contributed by atoms with van der Waals surface area (Å²) in [7, 11) is -4.31. The fraction of sp³-hybridized carbons (Fsp3) is 0.222. The van der Waals surface area contributed by atoms with Crippen molar-refractivity contribution in [3.8, 4) is 0 Å². The first-order valence-electron chi connectivity index (χ1n) is 7.97. The third-order valence-electron chi connectivity index (χ3n) is 3.74. The van der Waals surface area contributed by atoms with Gasteiger partial charge < -0.3 is 4.42 Å². The van der Waals surface area contributed by atoms with Gasteiger partial charge in [0.1, 0.15) is 5.58 Å². The highest BCUT2D eigenvalue weighted by Crippen LogP contribution is 2.28. The largest absolute Gasteiger partial charge is 0.437 e. The lowest BCUT2D eigenvalue weighted by atomic mass is 9.98. The van der Waals surface area contributed by atoms with Crippen molar-refractivity contribution in [1.29, 1.82) is 0 Å². The first-order valence-corrected chi connectivity index (χ1v) is 9.55. The molecule has 0 atom stereocenters. The average molecular weight is 411 g/mol. The molecular weight excluding hydrogens is 399 g/mol. The van der Waals surface area contributed by atoms with Gasteiger partial charge in [0.15, 0.2) is 5.71 Å². The van der Waals surface area contributed by atoms with E-state index in [9.17, 15) is 26.4 Å². The van der Waals surface area contributed by atoms with Gasteiger partial charge in [-0.15, -0.1) is 0 Å². The van der Waals surface area contributed by atoms with Gasteiger partial charge in [-0.3, -0.25) is 4.28 Å². The van der Waals surface area contributed by atoms with Crippen molar-refractivity contribution < 1.29 is 30.3 Å². The molecule has 1 aromatic heterocycles. The number of alkyl halides is 3. The van der Waals surface area contributed by atoms with Gasteiger partial charge in [0.25, 0.3) is 0 Å². The summed E-state index contributed by atoms with van der Waals surface area (Å²) < 4.78 is 72.6. The van der Waals surface area contributed by atoms with E-state index in [0.29, 0.717) is 11.1 Å². The highest BCUT2D eigenvalue weighted by Gasteiger charge is 2.40. The summed E-state index contributed by atoms with van der Waals surface area (Å²) >= 11 is 0. The lowest BCUT2D eigenvalue weighted by Gasteiger charge is -2.11. The van der Waals surface area contributed by atoms with Crippen molar-refractivity contribution in [2.45, 2.75) is 19.5 Å². The molecular formula is C18H12F3NO5S. The molecule has 0 saturated carbocycles. The molecule has 1 aromatic carbocycles. The van der Waals surface area contributed by atoms with Crippen molar-refractivity contribution in [3.05, 3.63) is 56.8 Å². The summed E-state index contributed by atoms with van der Waals surface area (Å²) in [6.07, 6.45) is -1.99. The zero-order valence-corrected chi connectivity index (χ0v) is 15.1. The van der Waals surface area contributed by atoms with Crippen LogP contribution in [0, 0.1) is 0 Å². The van der Waals surface area contributed by atoms with Crippen LogP contribution in [0.3, 0.4) is 0 Å². The normalized spacial score (nSPS) is 13.8. The topological polar surface area (TPSA) is 85.9 Å². The van der Waals surface area contributed by atoms with E-state index in [1.165, 1.54) is 19.1 Å². The van der Waals surface area contributed by atoms with Gasteiger partial charge in [0.2, 0.25) is 0 Å². The quantitative estimate of drug-likeness (QED) is 0.277. The van der Waals surface area contributed by atoms with E-state index < -0.39 is 38.9 Å². The van der Waals surface area contributed by atoms with Gasteiger partial charge in [-0.1, -0.05) is 23.5 Å². The maximum atomic E-state index is 13.5. The molecule has 146 valence electrons. The van der Waals surface area contributed by atoms with E-state index >= 15 is 0 Å². The summed E-state index contributed by atoms with van der Waals surface area (Å²) in [6, 6.07) is 3.99. The molecule has 1 aliphatic rings. The summed E-state index contributed by atoms with van der Waals surface area (Å²) in [5.41, 5.74) is 2.47. The number of oxime groups is 1. The van der Waals surface area contributed by atoms with Crippen LogP contribution in [0.15, 0.2) is 44.0 Å². The van der Waals surface area contributed by atoms with Crippen molar-refractivity contribution in [1.82, 2.24) is 0 Å². The molecule has 0 aliphatic heterocycles. The summed E-state index contributed by atoms with van der Waals surface area (Å²) in [5, 5.41) is 2.93. The molecule has 0 amide bonds. The van der Waals surface area contributed by atoms with E-state index in [4.69, 9.17) is 4.42 Å². The van der Waals surface area contributed by atoms with Crippen molar-refractivity contribution in [2.75, 3.05) is 5.75 Å². The molecule has 0 radical (unpaired) electrons. The number of halogens is 3. The van der Waals surface area contributed by atoms with E-state index in [-0.39, 0.29) is 17.4 Å². The predicted octanol–water partition coefficient (Wildman–Crippen LogP) is 3.61. The molecule has 1 heterocycles. The molecule has 0 fully saturated rings. The van der Waals surface area contributed by atoms with Gasteiger partial charge in [-0.25, -0.2) is 4.79 Å². The lowest BCUT2D eigenvalue weighted by Crippen LogP contribution is -2.30. The van der Waals surface area contributed by atoms with Crippen LogP contribution in [0.1, 0.15) is 30.0 Å². The predicted molar refractivity (Wildman–Crippen MR) is 96.2 cm³/mol. The number of nitrogens with zero attached hydrogens (tertiary/aromatic N) is 1. The Hall–Kier alpha value is -3.06. The van der Waals surface area contributed by atoms with E-state index in [1.54, 1.807) is 12.1 Å². The number of fused-ring (bicyclic) bond motifs is 3. The zero-order valence-electron chi connectivity index (χ0n) is 14.3. The minimum absolute atomic E-state index is 0.0573. The van der Waals surface area contributed by atoms with Crippen molar-refractivity contribution in [2.24, 2.45) is 5.16 Å². The number of hydrogen-bond acceptors (Lipinski definition) is 6. The molecule has 0 bridgehead atoms. The Bertz CT molecular complexity index is 1240. The van der Waals surface area contributed by atoms with Crippen LogP contribution in [-0.4, -0.2) is 26.1 Å². The Morgan fingerprint density at radius 1 is 1.25 bits per heavy atom. The van der Waals surface area contributed by atoms with Gasteiger partial charge in [-0.05, 0) is 42.3 Å². The zero-order chi connectivity index (χ0) is 20.5. The molecule has 28 heavy (non-hydrogen) atoms. The second-order valence-corrected chi connectivity index (χ2v) is 7.45. The Morgan fingerprint density at radius 3 is 2.64 bits per heavy atom. The molecule has 0 saturated heterocycles. The smallest absolute Gasteiger partial charge is 0.422 e. The van der Waals surface area contributed by atoms with Gasteiger partial charge in [-0.2, -0.15) is 21.6 Å². The number of rotatable bonds is 5. The van der Waals surface area contributed by atoms with Crippen LogP contribution in [-0.2, 0) is 14.4 Å². The van der Waals surface area contributed by atoms with Crippen LogP contribution in [0.4, 0.5) is 13.2 Å². The van der Waals surface area contributed by atoms with E-state index in [1.807, 2.05) is 0 Å². The fourth-order valence-corrected chi connectivity index (χ4v) is 3.31. The molecule has 10 heteroatoms. The highest BCUT2D eigenvalue weighted by atomic mass is 32.2. The van der Waals surface area contributed by atoms with Crippen molar-refractivity contribution in [3.63, 3.8) is 0 Å². The van der Waals surface area contributed by atoms with E-state index in [2.05, 4.69) is 20.9 Å². The molecule has 0 N–H and O–H groups in total. The van der Waals surface area contributed by atoms with Gasteiger partial charge >= 0.3 is 21.9 Å². The fourth-order valence-electron chi connectivity index (χ4n) is 2.55. The van der Waals surface area contributed by atoms with Crippen LogP contribution in [0.5, 0.6) is 0 Å². The molecule has 2 aromatic rings. The van der Waals surface area contributed by atoms with Crippen LogP contribution < -0.4 is 5.63 Å². The standard InChI is InChI=1S/C18H12F3NO5S/c1-2-9-28(24,25)27-22-16(18(19,20)21)14-10-13-12-6-4-3-5-11(12)7-8-15(13)26-17(14)23/h5-8,10H,2,9H2,1H3/b22-16+. The Labute approximate surface area is 157 Å². The average Bonchev–Trinajstić information content (AvgIpc) is 2.61. The summed E-state index contributed by atoms with van der Waals surface area (Å²) in [4.78, 5) is 12.1. The highest BCUT2D eigenvalue weighted by molar-refractivity contribution is 7.86. The van der Waals surface area contributed by atoms with Crippen LogP contribution in [0.25, 0.3) is 23.1 Å². The number of benzene rings is 1. The molecule has 6 nitrogen and oxygen atoms in total. The second kappa shape index (κ2) is 7.16. The summed E-state index contributed by atoms with van der Waals surface area (Å²) in [5.74, 6) is -0.523. The van der Waals surface area contributed by atoms with Crippen molar-refractivity contribution >= 4 is 39.0 Å². The Morgan fingerprint density at radius 2 is 1.96 bits per heavy atom. The first kappa shape index (κ1) is 19.7.